The summed E-state index contributed by atoms with van der Waals surface area (Å²) in [6.07, 6.45) is 1.98. The molecule has 3 heteroatoms. The molecule has 0 aliphatic rings. The molecule has 0 aliphatic heterocycles. The number of hydrogen-bond acceptors (Lipinski definition) is 2. The first-order chi connectivity index (χ1) is 15.3. The summed E-state index contributed by atoms with van der Waals surface area (Å²) in [4.78, 5) is 4.80. The van der Waals surface area contributed by atoms with Gasteiger partial charge in [-0.3, -0.25) is 4.99 Å². The van der Waals surface area contributed by atoms with Gasteiger partial charge in [0, 0.05) is 22.9 Å². The maximum atomic E-state index is 5.26. The molecule has 0 amide bonds. The monoisotopic (exact) mass is 402 g/mol. The van der Waals surface area contributed by atoms with E-state index in [1.54, 1.807) is 7.11 Å². The fourth-order valence-electron chi connectivity index (χ4n) is 3.93. The molecule has 5 aromatic rings. The van der Waals surface area contributed by atoms with Gasteiger partial charge in [0.05, 0.1) is 24.0 Å². The van der Waals surface area contributed by atoms with Crippen molar-refractivity contribution >= 4 is 22.8 Å². The van der Waals surface area contributed by atoms with E-state index in [9.17, 15) is 0 Å². The van der Waals surface area contributed by atoms with E-state index in [1.165, 1.54) is 5.39 Å². The van der Waals surface area contributed by atoms with E-state index in [0.717, 1.165) is 39.5 Å². The van der Waals surface area contributed by atoms with E-state index < -0.39 is 0 Å². The van der Waals surface area contributed by atoms with Crippen LogP contribution in [0, 0.1) is 0 Å². The highest BCUT2D eigenvalue weighted by Gasteiger charge is 2.18. The smallest absolute Gasteiger partial charge is 0.119 e. The molecule has 1 heterocycles. The normalized spacial score (nSPS) is 11.3. The fourth-order valence-corrected chi connectivity index (χ4v) is 3.93. The minimum absolute atomic E-state index is 0.824. The standard InChI is InChI=1S/C28H22N2O/c1-31-24-18-16-22(17-19-24)29-20-26-25-14-8-9-15-27(25)30(23-12-6-3-7-13-23)28(26)21-10-4-2-5-11-21/h2-20H,1H3. The van der Waals surface area contributed by atoms with E-state index in [1.807, 2.05) is 42.6 Å². The molecule has 0 spiro atoms. The van der Waals surface area contributed by atoms with Crippen molar-refractivity contribution < 1.29 is 4.74 Å². The molecular formula is C28H22N2O. The molecule has 4 aromatic carbocycles. The van der Waals surface area contributed by atoms with Crippen LogP contribution in [0.3, 0.4) is 0 Å². The van der Waals surface area contributed by atoms with E-state index in [2.05, 4.69) is 77.4 Å². The lowest BCUT2D eigenvalue weighted by atomic mass is 10.1. The number of nitrogens with zero attached hydrogens (tertiary/aromatic N) is 2. The zero-order valence-electron chi connectivity index (χ0n) is 17.3. The molecule has 150 valence electrons. The molecule has 0 bridgehead atoms. The number of fused-ring (bicyclic) bond motifs is 1. The molecule has 0 N–H and O–H groups in total. The quantitative estimate of drug-likeness (QED) is 0.289. The molecule has 1 aromatic heterocycles. The van der Waals surface area contributed by atoms with Gasteiger partial charge in [0.15, 0.2) is 0 Å². The first-order valence-electron chi connectivity index (χ1n) is 10.3. The first-order valence-corrected chi connectivity index (χ1v) is 10.3. The van der Waals surface area contributed by atoms with Crippen LogP contribution < -0.4 is 4.74 Å². The molecule has 0 unspecified atom stereocenters. The average Bonchev–Trinajstić information content (AvgIpc) is 3.18. The largest absolute Gasteiger partial charge is 0.497 e. The lowest BCUT2D eigenvalue weighted by molar-refractivity contribution is 0.415. The summed E-state index contributed by atoms with van der Waals surface area (Å²) < 4.78 is 7.58. The van der Waals surface area contributed by atoms with Crippen molar-refractivity contribution in [3.8, 4) is 22.7 Å². The van der Waals surface area contributed by atoms with Crippen LogP contribution in [0.2, 0.25) is 0 Å². The Hall–Kier alpha value is -4.11. The van der Waals surface area contributed by atoms with Crippen molar-refractivity contribution in [2.24, 2.45) is 4.99 Å². The second-order valence-corrected chi connectivity index (χ2v) is 7.27. The van der Waals surface area contributed by atoms with Gasteiger partial charge in [-0.2, -0.15) is 0 Å². The predicted molar refractivity (Wildman–Crippen MR) is 129 cm³/mol. The van der Waals surface area contributed by atoms with Crippen molar-refractivity contribution in [1.29, 1.82) is 0 Å². The van der Waals surface area contributed by atoms with E-state index in [4.69, 9.17) is 9.73 Å². The van der Waals surface area contributed by atoms with Gasteiger partial charge in [-0.05, 0) is 48.0 Å². The van der Waals surface area contributed by atoms with E-state index in [0.29, 0.717) is 0 Å². The number of para-hydroxylation sites is 2. The molecule has 0 fully saturated rings. The summed E-state index contributed by atoms with van der Waals surface area (Å²) in [6.45, 7) is 0. The third-order valence-electron chi connectivity index (χ3n) is 5.39. The van der Waals surface area contributed by atoms with Crippen molar-refractivity contribution in [2.75, 3.05) is 7.11 Å². The number of methoxy groups -OCH3 is 1. The topological polar surface area (TPSA) is 26.5 Å². The van der Waals surface area contributed by atoms with Gasteiger partial charge in [0.2, 0.25) is 0 Å². The summed E-state index contributed by atoms with van der Waals surface area (Å²) in [5.74, 6) is 0.824. The molecule has 0 saturated heterocycles. The van der Waals surface area contributed by atoms with E-state index in [-0.39, 0.29) is 0 Å². The second-order valence-electron chi connectivity index (χ2n) is 7.27. The number of rotatable bonds is 5. The first kappa shape index (κ1) is 18.9. The summed E-state index contributed by atoms with van der Waals surface area (Å²) >= 11 is 0. The summed E-state index contributed by atoms with van der Waals surface area (Å²) in [7, 11) is 1.67. The number of benzene rings is 4. The Kier molecular flexibility index (Phi) is 5.07. The van der Waals surface area contributed by atoms with Gasteiger partial charge < -0.3 is 9.30 Å². The van der Waals surface area contributed by atoms with Gasteiger partial charge in [-0.25, -0.2) is 0 Å². The Morgan fingerprint density at radius 1 is 0.710 bits per heavy atom. The zero-order chi connectivity index (χ0) is 21.0. The number of aromatic nitrogens is 1. The predicted octanol–water partition coefficient (Wildman–Crippen LogP) is 7.06. The second kappa shape index (κ2) is 8.33. The molecule has 5 rings (SSSR count). The molecular weight excluding hydrogens is 380 g/mol. The third-order valence-corrected chi connectivity index (χ3v) is 5.39. The molecule has 3 nitrogen and oxygen atoms in total. The average molecular weight is 402 g/mol. The molecule has 0 atom stereocenters. The number of ether oxygens (including phenoxy) is 1. The number of aliphatic imine (C=N–C) groups is 1. The van der Waals surface area contributed by atoms with Gasteiger partial charge in [0.1, 0.15) is 5.75 Å². The lowest BCUT2D eigenvalue weighted by Gasteiger charge is -2.12. The Morgan fingerprint density at radius 2 is 1.35 bits per heavy atom. The summed E-state index contributed by atoms with van der Waals surface area (Å²) in [6, 6.07) is 37.3. The van der Waals surface area contributed by atoms with Crippen LogP contribution in [0.1, 0.15) is 5.56 Å². The summed E-state index contributed by atoms with van der Waals surface area (Å²) in [5.41, 5.74) is 6.55. The molecule has 0 radical (unpaired) electrons. The lowest BCUT2D eigenvalue weighted by Crippen LogP contribution is -1.98. The maximum Gasteiger partial charge on any atom is 0.119 e. The van der Waals surface area contributed by atoms with Crippen LogP contribution in [-0.4, -0.2) is 17.9 Å². The van der Waals surface area contributed by atoms with E-state index >= 15 is 0 Å². The Bertz CT molecular complexity index is 1330. The Morgan fingerprint density at radius 3 is 2.06 bits per heavy atom. The van der Waals surface area contributed by atoms with Gasteiger partial charge in [-0.1, -0.05) is 66.7 Å². The minimum atomic E-state index is 0.824. The van der Waals surface area contributed by atoms with Crippen LogP contribution in [0.5, 0.6) is 5.75 Å². The van der Waals surface area contributed by atoms with Crippen molar-refractivity contribution in [3.05, 3.63) is 115 Å². The third kappa shape index (κ3) is 3.62. The highest BCUT2D eigenvalue weighted by atomic mass is 16.5. The summed E-state index contributed by atoms with van der Waals surface area (Å²) in [5, 5.41) is 1.17. The molecule has 0 aliphatic carbocycles. The minimum Gasteiger partial charge on any atom is -0.497 e. The van der Waals surface area contributed by atoms with Gasteiger partial charge in [-0.15, -0.1) is 0 Å². The van der Waals surface area contributed by atoms with Crippen molar-refractivity contribution in [3.63, 3.8) is 0 Å². The maximum absolute atomic E-state index is 5.26. The Labute approximate surface area is 181 Å². The van der Waals surface area contributed by atoms with Crippen LogP contribution in [0.15, 0.2) is 114 Å². The highest BCUT2D eigenvalue weighted by Crippen LogP contribution is 2.36. The van der Waals surface area contributed by atoms with Crippen LogP contribution in [-0.2, 0) is 0 Å². The Balaban J connectivity index is 1.76. The molecule has 31 heavy (non-hydrogen) atoms. The van der Waals surface area contributed by atoms with Crippen molar-refractivity contribution in [1.82, 2.24) is 4.57 Å². The SMILES string of the molecule is COc1ccc(N=Cc2c(-c3ccccc3)n(-c3ccccc3)c3ccccc23)cc1. The van der Waals surface area contributed by atoms with Gasteiger partial charge >= 0.3 is 0 Å². The van der Waals surface area contributed by atoms with Crippen LogP contribution >= 0.6 is 0 Å². The highest BCUT2D eigenvalue weighted by molar-refractivity contribution is 6.08. The van der Waals surface area contributed by atoms with Gasteiger partial charge in [0.25, 0.3) is 0 Å². The van der Waals surface area contributed by atoms with Crippen LogP contribution in [0.4, 0.5) is 5.69 Å². The number of hydrogen-bond donors (Lipinski definition) is 0. The van der Waals surface area contributed by atoms with Crippen molar-refractivity contribution in [2.45, 2.75) is 0 Å². The van der Waals surface area contributed by atoms with Crippen LogP contribution in [0.25, 0.3) is 27.8 Å². The molecule has 0 saturated carbocycles. The fraction of sp³-hybridized carbons (Fsp3) is 0.0357. The zero-order valence-corrected chi connectivity index (χ0v) is 17.3.